The number of rotatable bonds is 4. The van der Waals surface area contributed by atoms with Crippen LogP contribution >= 0.6 is 0 Å². The Morgan fingerprint density at radius 3 is 2.45 bits per heavy atom. The highest BCUT2D eigenvalue weighted by Gasteiger charge is 2.44. The second kappa shape index (κ2) is 9.91. The summed E-state index contributed by atoms with van der Waals surface area (Å²) in [4.78, 5) is 39.3. The fraction of sp³-hybridized carbons (Fsp3) is 0.143. The smallest absolute Gasteiger partial charge is 0.290 e. The van der Waals surface area contributed by atoms with Gasteiger partial charge in [-0.1, -0.05) is 48.5 Å². The molecule has 0 spiro atoms. The number of benzene rings is 3. The first-order valence-corrected chi connectivity index (χ1v) is 11.8. The van der Waals surface area contributed by atoms with Crippen molar-refractivity contribution >= 4 is 28.7 Å². The summed E-state index contributed by atoms with van der Waals surface area (Å²) in [6.45, 7) is 0.925. The van der Waals surface area contributed by atoms with E-state index in [1.54, 1.807) is 18.3 Å². The summed E-state index contributed by atoms with van der Waals surface area (Å²) in [5, 5.41) is 16.5. The number of likely N-dealkylation sites (tertiary alicyclic amines) is 1. The first kappa shape index (κ1) is 24.8. The Morgan fingerprint density at radius 1 is 1.08 bits per heavy atom. The van der Waals surface area contributed by atoms with E-state index in [0.29, 0.717) is 18.8 Å². The van der Waals surface area contributed by atoms with Crippen LogP contribution in [-0.4, -0.2) is 57.1 Å². The number of carbonyl (C=O) groups is 2. The Hall–Kier alpha value is -4.83. The molecule has 1 amide bonds. The highest BCUT2D eigenvalue weighted by molar-refractivity contribution is 5.94. The Bertz CT molecular complexity index is 1700. The number of fused-ring (bicyclic) bond motifs is 2. The van der Waals surface area contributed by atoms with Crippen molar-refractivity contribution in [3.63, 3.8) is 0 Å². The summed E-state index contributed by atoms with van der Waals surface area (Å²) >= 11 is 0. The molecule has 10 heteroatoms. The van der Waals surface area contributed by atoms with Crippen LogP contribution in [0.1, 0.15) is 16.1 Å². The summed E-state index contributed by atoms with van der Waals surface area (Å²) in [5.41, 5.74) is 1.72. The second-order valence-electron chi connectivity index (χ2n) is 9.24. The number of hydrogen-bond acceptors (Lipinski definition) is 5. The topological polar surface area (TPSA) is 120 Å². The number of hydrogen-bond donors (Lipinski definition) is 3. The molecule has 6 rings (SSSR count). The number of nitrogens with zero attached hydrogens (tertiary/aromatic N) is 3. The van der Waals surface area contributed by atoms with E-state index in [1.165, 1.54) is 22.7 Å². The number of H-pyrrole nitrogens is 1. The quantitative estimate of drug-likeness (QED) is 0.318. The molecule has 3 aromatic carbocycles. The van der Waals surface area contributed by atoms with E-state index in [2.05, 4.69) is 20.3 Å². The van der Waals surface area contributed by atoms with E-state index in [9.17, 15) is 14.0 Å². The number of nitrogens with one attached hydrogen (secondary N) is 2. The first-order valence-electron chi connectivity index (χ1n) is 11.8. The van der Waals surface area contributed by atoms with Gasteiger partial charge in [0.05, 0.1) is 17.4 Å². The molecular weight excluding hydrogens is 489 g/mol. The molecule has 0 atom stereocenters. The van der Waals surface area contributed by atoms with E-state index < -0.39 is 11.4 Å². The minimum Gasteiger partial charge on any atom is -0.483 e. The van der Waals surface area contributed by atoms with Crippen LogP contribution in [0.5, 0.6) is 0 Å². The maximum atomic E-state index is 13.4. The molecule has 3 N–H and O–H groups in total. The monoisotopic (exact) mass is 513 g/mol. The number of carboxylic acid groups (broad SMARTS) is 1. The van der Waals surface area contributed by atoms with Crippen molar-refractivity contribution < 1.29 is 19.1 Å². The Labute approximate surface area is 216 Å². The molecule has 1 fully saturated rings. The highest BCUT2D eigenvalue weighted by atomic mass is 19.1. The molecule has 38 heavy (non-hydrogen) atoms. The predicted octanol–water partition coefficient (Wildman–Crippen LogP) is 3.25. The fourth-order valence-corrected chi connectivity index (χ4v) is 4.88. The largest absolute Gasteiger partial charge is 0.483 e. The van der Waals surface area contributed by atoms with E-state index in [1.807, 2.05) is 49.5 Å². The SMILES string of the molecule is CN1CC(NC(=O)c2cc3c(=O)[nH]c(-c4ccc5ccccc5c4)cn3n2)(c2ccc(F)cc2)C1.O=CO. The third kappa shape index (κ3) is 4.64. The van der Waals surface area contributed by atoms with E-state index >= 15 is 0 Å². The highest BCUT2D eigenvalue weighted by Crippen LogP contribution is 2.31. The van der Waals surface area contributed by atoms with Crippen molar-refractivity contribution in [2.45, 2.75) is 5.54 Å². The zero-order valence-electron chi connectivity index (χ0n) is 20.4. The lowest BCUT2D eigenvalue weighted by atomic mass is 9.82. The molecule has 1 aliphatic rings. The van der Waals surface area contributed by atoms with E-state index in [4.69, 9.17) is 9.90 Å². The predicted molar refractivity (Wildman–Crippen MR) is 140 cm³/mol. The lowest BCUT2D eigenvalue weighted by Gasteiger charge is -2.49. The van der Waals surface area contributed by atoms with Gasteiger partial charge in [-0.15, -0.1) is 0 Å². The Morgan fingerprint density at radius 2 is 1.76 bits per heavy atom. The van der Waals surface area contributed by atoms with Crippen LogP contribution in [0.4, 0.5) is 4.39 Å². The number of carbonyl (C=O) groups excluding carboxylic acids is 1. The van der Waals surface area contributed by atoms with Crippen LogP contribution < -0.4 is 10.9 Å². The number of likely N-dealkylation sites (N-methyl/N-ethyl adjacent to an activating group) is 1. The molecule has 1 aliphatic heterocycles. The molecule has 3 heterocycles. The van der Waals surface area contributed by atoms with Crippen LogP contribution in [0.15, 0.2) is 83.8 Å². The van der Waals surface area contributed by atoms with E-state index in [0.717, 1.165) is 21.9 Å². The van der Waals surface area contributed by atoms with Gasteiger partial charge in [-0.3, -0.25) is 14.4 Å². The van der Waals surface area contributed by atoms with Crippen LogP contribution in [0.25, 0.3) is 27.5 Å². The van der Waals surface area contributed by atoms with Crippen LogP contribution in [-0.2, 0) is 10.3 Å². The second-order valence-corrected chi connectivity index (χ2v) is 9.24. The molecule has 1 saturated heterocycles. The zero-order chi connectivity index (χ0) is 26.9. The normalized spacial score (nSPS) is 14.4. The van der Waals surface area contributed by atoms with Gasteiger partial charge in [-0.2, -0.15) is 5.10 Å². The number of halogens is 1. The number of amides is 1. The van der Waals surface area contributed by atoms with Gasteiger partial charge in [0.1, 0.15) is 11.3 Å². The molecule has 2 aromatic heterocycles. The van der Waals surface area contributed by atoms with Gasteiger partial charge in [0.15, 0.2) is 5.69 Å². The van der Waals surface area contributed by atoms with Crippen LogP contribution in [0, 0.1) is 5.82 Å². The Balaban J connectivity index is 0.000000937. The molecule has 192 valence electrons. The van der Waals surface area contributed by atoms with Gasteiger partial charge in [0, 0.05) is 24.7 Å². The summed E-state index contributed by atoms with van der Waals surface area (Å²) in [7, 11) is 1.95. The van der Waals surface area contributed by atoms with Crippen molar-refractivity contribution in [3.05, 3.63) is 106 Å². The van der Waals surface area contributed by atoms with Crippen molar-refractivity contribution in [2.24, 2.45) is 0 Å². The van der Waals surface area contributed by atoms with Crippen molar-refractivity contribution in [1.82, 2.24) is 24.8 Å². The van der Waals surface area contributed by atoms with Gasteiger partial charge in [0.2, 0.25) is 0 Å². The van der Waals surface area contributed by atoms with Gasteiger partial charge in [-0.25, -0.2) is 8.91 Å². The molecule has 9 nitrogen and oxygen atoms in total. The van der Waals surface area contributed by atoms with Crippen LogP contribution in [0.2, 0.25) is 0 Å². The van der Waals surface area contributed by atoms with Gasteiger partial charge < -0.3 is 20.3 Å². The third-order valence-electron chi connectivity index (χ3n) is 6.59. The minimum atomic E-state index is -0.641. The van der Waals surface area contributed by atoms with E-state index in [-0.39, 0.29) is 29.1 Å². The van der Waals surface area contributed by atoms with Gasteiger partial charge in [0.25, 0.3) is 17.9 Å². The number of aromatic nitrogens is 3. The van der Waals surface area contributed by atoms with Gasteiger partial charge in [-0.05, 0) is 41.6 Å². The molecule has 0 unspecified atom stereocenters. The van der Waals surface area contributed by atoms with Gasteiger partial charge >= 0.3 is 0 Å². The number of aromatic amines is 1. The molecule has 0 saturated carbocycles. The maximum absolute atomic E-state index is 13.4. The zero-order valence-corrected chi connectivity index (χ0v) is 20.4. The molecule has 0 bridgehead atoms. The standard InChI is InChI=1S/C27H22FN5O2.CH2O2/c1-32-15-27(16-32,20-8-10-21(28)11-9-20)30-25(34)22-13-24-26(35)29-23(14-33(24)31-22)19-7-6-17-4-2-3-5-18(17)12-19;2-1-3/h2-14H,15-16H2,1H3,(H,29,35)(H,30,34);1H,(H,2,3). The molecule has 0 radical (unpaired) electrons. The molecule has 0 aliphatic carbocycles. The minimum absolute atomic E-state index is 0.141. The summed E-state index contributed by atoms with van der Waals surface area (Å²) in [5.74, 6) is -0.720. The summed E-state index contributed by atoms with van der Waals surface area (Å²) < 4.78 is 14.9. The van der Waals surface area contributed by atoms with Crippen molar-refractivity contribution in [3.8, 4) is 11.3 Å². The van der Waals surface area contributed by atoms with Crippen molar-refractivity contribution in [1.29, 1.82) is 0 Å². The maximum Gasteiger partial charge on any atom is 0.290 e. The molecule has 5 aromatic rings. The summed E-state index contributed by atoms with van der Waals surface area (Å²) in [6.07, 6.45) is 1.71. The van der Waals surface area contributed by atoms with Crippen molar-refractivity contribution in [2.75, 3.05) is 20.1 Å². The first-order chi connectivity index (χ1) is 18.3. The molecular formula is C28H24FN5O4. The fourth-order valence-electron chi connectivity index (χ4n) is 4.88. The lowest BCUT2D eigenvalue weighted by molar-refractivity contribution is -0.122. The third-order valence-corrected chi connectivity index (χ3v) is 6.59. The average molecular weight is 514 g/mol. The van der Waals surface area contributed by atoms with Crippen LogP contribution in [0.3, 0.4) is 0 Å². The lowest BCUT2D eigenvalue weighted by Crippen LogP contribution is -2.66. The summed E-state index contributed by atoms with van der Waals surface area (Å²) in [6, 6.07) is 21.6. The Kier molecular flexibility index (Phi) is 6.48. The average Bonchev–Trinajstić information content (AvgIpc) is 3.33.